The van der Waals surface area contributed by atoms with Crippen molar-refractivity contribution in [3.8, 4) is 6.07 Å². The lowest BCUT2D eigenvalue weighted by Gasteiger charge is -2.13. The molecule has 0 aliphatic heterocycles. The number of carbonyl (C=O) groups is 2. The molecule has 0 saturated carbocycles. The highest BCUT2D eigenvalue weighted by molar-refractivity contribution is 6.00. The number of fused-ring (bicyclic) bond motifs is 2. The van der Waals surface area contributed by atoms with E-state index in [0.717, 1.165) is 27.2 Å². The first kappa shape index (κ1) is 18.3. The molecular weight excluding hydrogens is 364 g/mol. The minimum Gasteiger partial charge on any atom is -0.332 e. The zero-order valence-electron chi connectivity index (χ0n) is 15.8. The summed E-state index contributed by atoms with van der Waals surface area (Å²) in [5.74, 6) is -0.781. The number of benzene rings is 3. The molecule has 4 aromatic rings. The highest BCUT2D eigenvalue weighted by Gasteiger charge is 2.17. The van der Waals surface area contributed by atoms with E-state index in [4.69, 9.17) is 0 Å². The van der Waals surface area contributed by atoms with Crippen molar-refractivity contribution in [1.82, 2.24) is 15.4 Å². The zero-order chi connectivity index (χ0) is 20.4. The molecule has 4 rings (SSSR count). The Morgan fingerprint density at radius 3 is 2.55 bits per heavy atom. The third-order valence-electron chi connectivity index (χ3n) is 4.83. The van der Waals surface area contributed by atoms with Crippen molar-refractivity contribution in [1.29, 1.82) is 5.26 Å². The van der Waals surface area contributed by atoms with Crippen LogP contribution in [0.4, 0.5) is 0 Å². The van der Waals surface area contributed by atoms with E-state index >= 15 is 0 Å². The van der Waals surface area contributed by atoms with Crippen LogP contribution in [0.15, 0.2) is 66.7 Å². The summed E-state index contributed by atoms with van der Waals surface area (Å²) in [7, 11) is 0. The smallest absolute Gasteiger partial charge is 0.286 e. The fraction of sp³-hybridized carbons (Fsp3) is 0.0870. The Morgan fingerprint density at radius 1 is 0.966 bits per heavy atom. The van der Waals surface area contributed by atoms with Crippen molar-refractivity contribution in [3.63, 3.8) is 0 Å². The summed E-state index contributed by atoms with van der Waals surface area (Å²) in [6.07, 6.45) is 0. The van der Waals surface area contributed by atoms with Gasteiger partial charge in [0.05, 0.1) is 17.1 Å². The Kier molecular flexibility index (Phi) is 4.71. The van der Waals surface area contributed by atoms with Crippen LogP contribution in [-0.2, 0) is 11.3 Å². The van der Waals surface area contributed by atoms with Crippen LogP contribution in [0.2, 0.25) is 0 Å². The highest BCUT2D eigenvalue weighted by atomic mass is 16.2. The average Bonchev–Trinajstić information content (AvgIpc) is 3.10. The van der Waals surface area contributed by atoms with Crippen LogP contribution in [-0.4, -0.2) is 16.4 Å². The minimum atomic E-state index is -0.421. The second kappa shape index (κ2) is 7.49. The Bertz CT molecular complexity index is 1290. The summed E-state index contributed by atoms with van der Waals surface area (Å²) >= 11 is 0. The first-order chi connectivity index (χ1) is 14.1. The Morgan fingerprint density at radius 2 is 1.76 bits per heavy atom. The Labute approximate surface area is 167 Å². The molecule has 0 radical (unpaired) electrons. The van der Waals surface area contributed by atoms with E-state index in [1.807, 2.05) is 53.1 Å². The minimum absolute atomic E-state index is 0.359. The maximum atomic E-state index is 12.7. The van der Waals surface area contributed by atoms with E-state index in [0.29, 0.717) is 17.8 Å². The third kappa shape index (κ3) is 3.54. The SMILES string of the molecule is CC(=O)NNC(=O)c1cc2ccc(C#N)cc2n1Cc1cccc2ccccc12. The highest BCUT2D eigenvalue weighted by Crippen LogP contribution is 2.25. The van der Waals surface area contributed by atoms with Gasteiger partial charge >= 0.3 is 0 Å². The van der Waals surface area contributed by atoms with Gasteiger partial charge in [0.2, 0.25) is 5.91 Å². The molecule has 0 atom stereocenters. The molecule has 6 heteroatoms. The van der Waals surface area contributed by atoms with Crippen molar-refractivity contribution in [2.45, 2.75) is 13.5 Å². The number of rotatable bonds is 3. The predicted molar refractivity (Wildman–Crippen MR) is 111 cm³/mol. The Balaban J connectivity index is 1.86. The molecular formula is C23H18N4O2. The van der Waals surface area contributed by atoms with Gasteiger partial charge in [-0.25, -0.2) is 0 Å². The van der Waals surface area contributed by atoms with E-state index in [2.05, 4.69) is 16.9 Å². The molecule has 0 unspecified atom stereocenters. The number of amides is 2. The second-order valence-electron chi connectivity index (χ2n) is 6.77. The number of carbonyl (C=O) groups excluding carboxylic acids is 2. The molecule has 2 N–H and O–H groups in total. The van der Waals surface area contributed by atoms with Crippen molar-refractivity contribution < 1.29 is 9.59 Å². The molecule has 0 saturated heterocycles. The predicted octanol–water partition coefficient (Wildman–Crippen LogP) is 3.50. The normalized spacial score (nSPS) is 10.6. The fourth-order valence-corrected chi connectivity index (χ4v) is 3.49. The van der Waals surface area contributed by atoms with E-state index in [-0.39, 0.29) is 5.91 Å². The van der Waals surface area contributed by atoms with Gasteiger partial charge in [0, 0.05) is 18.9 Å². The van der Waals surface area contributed by atoms with Crippen LogP contribution in [0.3, 0.4) is 0 Å². The molecule has 0 bridgehead atoms. The summed E-state index contributed by atoms with van der Waals surface area (Å²) in [5.41, 5.74) is 7.51. The van der Waals surface area contributed by atoms with Crippen LogP contribution in [0.5, 0.6) is 0 Å². The molecule has 0 aliphatic rings. The van der Waals surface area contributed by atoms with Crippen molar-refractivity contribution >= 4 is 33.5 Å². The molecule has 0 aliphatic carbocycles. The summed E-state index contributed by atoms with van der Waals surface area (Å²) in [5, 5.41) is 12.4. The Hall–Kier alpha value is -4.11. The summed E-state index contributed by atoms with van der Waals surface area (Å²) in [6.45, 7) is 1.77. The number of nitrogens with zero attached hydrogens (tertiary/aromatic N) is 2. The van der Waals surface area contributed by atoms with Crippen molar-refractivity contribution in [2.24, 2.45) is 0 Å². The lowest BCUT2D eigenvalue weighted by atomic mass is 10.0. The first-order valence-corrected chi connectivity index (χ1v) is 9.14. The number of aromatic nitrogens is 1. The third-order valence-corrected chi connectivity index (χ3v) is 4.83. The van der Waals surface area contributed by atoms with Crippen LogP contribution in [0, 0.1) is 11.3 Å². The number of nitriles is 1. The van der Waals surface area contributed by atoms with Gasteiger partial charge in [0.1, 0.15) is 5.69 Å². The molecule has 3 aromatic carbocycles. The average molecular weight is 382 g/mol. The second-order valence-corrected chi connectivity index (χ2v) is 6.77. The summed E-state index contributed by atoms with van der Waals surface area (Å²) in [4.78, 5) is 23.9. The quantitative estimate of drug-likeness (QED) is 0.532. The number of nitrogens with one attached hydrogen (secondary N) is 2. The molecule has 0 fully saturated rings. The summed E-state index contributed by atoms with van der Waals surface area (Å²) in [6, 6.07) is 23.4. The van der Waals surface area contributed by atoms with Gasteiger partial charge in [-0.05, 0) is 34.5 Å². The van der Waals surface area contributed by atoms with Gasteiger partial charge in [-0.3, -0.25) is 20.4 Å². The van der Waals surface area contributed by atoms with Gasteiger partial charge < -0.3 is 4.57 Å². The van der Waals surface area contributed by atoms with Crippen LogP contribution >= 0.6 is 0 Å². The largest absolute Gasteiger partial charge is 0.332 e. The van der Waals surface area contributed by atoms with Crippen molar-refractivity contribution in [3.05, 3.63) is 83.6 Å². The maximum Gasteiger partial charge on any atom is 0.286 e. The van der Waals surface area contributed by atoms with Gasteiger partial charge in [0.25, 0.3) is 5.91 Å². The van der Waals surface area contributed by atoms with E-state index in [9.17, 15) is 14.9 Å². The van der Waals surface area contributed by atoms with Gasteiger partial charge in [-0.1, -0.05) is 48.5 Å². The molecule has 0 spiro atoms. The standard InChI is InChI=1S/C23H18N4O2/c1-15(28)25-26-23(29)22-12-18-10-9-16(13-24)11-21(18)27(22)14-19-7-4-6-17-5-2-3-8-20(17)19/h2-12H,14H2,1H3,(H,25,28)(H,26,29). The number of hydrogen-bond donors (Lipinski definition) is 2. The maximum absolute atomic E-state index is 12.7. The topological polar surface area (TPSA) is 86.9 Å². The lowest BCUT2D eigenvalue weighted by Crippen LogP contribution is -2.41. The van der Waals surface area contributed by atoms with E-state index in [1.165, 1.54) is 6.92 Å². The van der Waals surface area contributed by atoms with Crippen LogP contribution < -0.4 is 10.9 Å². The molecule has 2 amide bonds. The van der Waals surface area contributed by atoms with Gasteiger partial charge in [0.15, 0.2) is 0 Å². The van der Waals surface area contributed by atoms with E-state index in [1.54, 1.807) is 18.2 Å². The fourth-order valence-electron chi connectivity index (χ4n) is 3.49. The zero-order valence-corrected chi connectivity index (χ0v) is 15.8. The lowest BCUT2D eigenvalue weighted by molar-refractivity contribution is -0.119. The molecule has 6 nitrogen and oxygen atoms in total. The molecule has 29 heavy (non-hydrogen) atoms. The molecule has 1 heterocycles. The molecule has 142 valence electrons. The van der Waals surface area contributed by atoms with Crippen LogP contribution in [0.25, 0.3) is 21.7 Å². The monoisotopic (exact) mass is 382 g/mol. The first-order valence-electron chi connectivity index (χ1n) is 9.14. The van der Waals surface area contributed by atoms with Gasteiger partial charge in [-0.2, -0.15) is 5.26 Å². The summed E-state index contributed by atoms with van der Waals surface area (Å²) < 4.78 is 1.87. The number of hydrazine groups is 1. The van der Waals surface area contributed by atoms with Crippen molar-refractivity contribution in [2.75, 3.05) is 0 Å². The van der Waals surface area contributed by atoms with E-state index < -0.39 is 5.91 Å². The molecule has 1 aromatic heterocycles. The number of hydrogen-bond acceptors (Lipinski definition) is 3. The van der Waals surface area contributed by atoms with Crippen LogP contribution in [0.1, 0.15) is 28.5 Å². The van der Waals surface area contributed by atoms with Gasteiger partial charge in [-0.15, -0.1) is 0 Å².